The Balaban J connectivity index is 1.94. The molecule has 0 aromatic heterocycles. The lowest BCUT2D eigenvalue weighted by Gasteiger charge is -2.48. The summed E-state index contributed by atoms with van der Waals surface area (Å²) in [6.07, 6.45) is 3.37. The van der Waals surface area contributed by atoms with Crippen molar-refractivity contribution in [1.29, 1.82) is 0 Å². The normalized spacial score (nSPS) is 22.2. The van der Waals surface area contributed by atoms with Crippen LogP contribution in [0.2, 0.25) is 0 Å². The van der Waals surface area contributed by atoms with Gasteiger partial charge in [0.2, 0.25) is 0 Å². The highest BCUT2D eigenvalue weighted by atomic mass is 32.2. The summed E-state index contributed by atoms with van der Waals surface area (Å²) in [4.78, 5) is 2.13. The van der Waals surface area contributed by atoms with Crippen molar-refractivity contribution in [3.8, 4) is 0 Å². The van der Waals surface area contributed by atoms with Crippen LogP contribution in [-0.4, -0.2) is 59.5 Å². The molecule has 0 N–H and O–H groups in total. The Hall–Kier alpha value is -1.00. The van der Waals surface area contributed by atoms with E-state index in [1.165, 1.54) is 0 Å². The molecule has 9 heteroatoms. The van der Waals surface area contributed by atoms with Crippen molar-refractivity contribution in [2.24, 2.45) is 0 Å². The lowest BCUT2D eigenvalue weighted by molar-refractivity contribution is -0.0256. The summed E-state index contributed by atoms with van der Waals surface area (Å²) in [5, 5.41) is 0. The number of hydrogen-bond donors (Lipinski definition) is 0. The molecule has 1 aliphatic heterocycles. The number of nitrogens with zero attached hydrogens (tertiary/aromatic N) is 1. The monoisotopic (exact) mass is 377 g/mol. The fourth-order valence-corrected chi connectivity index (χ4v) is 3.59. The zero-order chi connectivity index (χ0) is 17.8. The van der Waals surface area contributed by atoms with Gasteiger partial charge in [0.1, 0.15) is 0 Å². The first-order valence-electron chi connectivity index (χ1n) is 7.62. The predicted molar refractivity (Wildman–Crippen MR) is 90.4 cm³/mol. The highest BCUT2D eigenvalue weighted by molar-refractivity contribution is 7.86. The van der Waals surface area contributed by atoms with Gasteiger partial charge >= 0.3 is 0 Å². The lowest BCUT2D eigenvalue weighted by atomic mass is 9.90. The molecule has 2 atom stereocenters. The highest BCUT2D eigenvalue weighted by Crippen LogP contribution is 2.30. The van der Waals surface area contributed by atoms with E-state index < -0.39 is 20.2 Å². The van der Waals surface area contributed by atoms with Gasteiger partial charge in [-0.05, 0) is 18.4 Å². The highest BCUT2D eigenvalue weighted by Gasteiger charge is 2.38. The maximum absolute atomic E-state index is 11.2. The number of likely N-dealkylation sites (tertiary alicyclic amines) is 1. The second-order valence-corrected chi connectivity index (χ2v) is 9.29. The molecule has 2 rings (SSSR count). The largest absolute Gasteiger partial charge is 0.291 e. The van der Waals surface area contributed by atoms with Crippen LogP contribution in [0.1, 0.15) is 18.4 Å². The summed E-state index contributed by atoms with van der Waals surface area (Å²) in [7, 11) is -6.92. The third-order valence-electron chi connectivity index (χ3n) is 3.91. The minimum atomic E-state index is -3.48. The Kier molecular flexibility index (Phi) is 6.38. The van der Waals surface area contributed by atoms with E-state index in [0.717, 1.165) is 24.5 Å². The van der Waals surface area contributed by atoms with Crippen molar-refractivity contribution < 1.29 is 25.2 Å². The van der Waals surface area contributed by atoms with E-state index in [1.807, 2.05) is 30.3 Å². The van der Waals surface area contributed by atoms with Crippen molar-refractivity contribution in [2.45, 2.75) is 31.5 Å². The van der Waals surface area contributed by atoms with Crippen molar-refractivity contribution in [1.82, 2.24) is 4.90 Å². The molecule has 2 unspecified atom stereocenters. The first kappa shape index (κ1) is 19.3. The first-order chi connectivity index (χ1) is 11.1. The van der Waals surface area contributed by atoms with E-state index in [-0.39, 0.29) is 25.3 Å². The van der Waals surface area contributed by atoms with Crippen molar-refractivity contribution in [2.75, 3.05) is 25.7 Å². The summed E-state index contributed by atoms with van der Waals surface area (Å²) >= 11 is 0. The molecule has 24 heavy (non-hydrogen) atoms. The van der Waals surface area contributed by atoms with E-state index in [2.05, 4.69) is 4.90 Å². The van der Waals surface area contributed by atoms with Crippen LogP contribution in [0, 0.1) is 0 Å². The number of benzene rings is 1. The van der Waals surface area contributed by atoms with Gasteiger partial charge in [0, 0.05) is 18.6 Å². The van der Waals surface area contributed by atoms with Crippen LogP contribution in [0.5, 0.6) is 0 Å². The molecule has 1 aliphatic rings. The quantitative estimate of drug-likeness (QED) is 0.592. The fraction of sp³-hybridized carbons (Fsp3) is 0.600. The third kappa shape index (κ3) is 6.48. The van der Waals surface area contributed by atoms with E-state index in [1.54, 1.807) is 0 Å². The average molecular weight is 377 g/mol. The van der Waals surface area contributed by atoms with Gasteiger partial charge in [-0.15, -0.1) is 0 Å². The van der Waals surface area contributed by atoms with Gasteiger partial charge in [-0.1, -0.05) is 30.3 Å². The van der Waals surface area contributed by atoms with Gasteiger partial charge in [0.15, 0.2) is 0 Å². The molecular formula is C15H23NO6S2. The zero-order valence-corrected chi connectivity index (χ0v) is 15.4. The van der Waals surface area contributed by atoms with Crippen molar-refractivity contribution in [3.05, 3.63) is 35.9 Å². The maximum atomic E-state index is 11.2. The number of hydrogen-bond acceptors (Lipinski definition) is 7. The Bertz CT molecular complexity index is 732. The lowest BCUT2D eigenvalue weighted by Crippen LogP contribution is -2.57. The summed E-state index contributed by atoms with van der Waals surface area (Å²) in [6.45, 7) is 0.881. The van der Waals surface area contributed by atoms with Crippen LogP contribution in [0.3, 0.4) is 0 Å². The van der Waals surface area contributed by atoms with E-state index in [9.17, 15) is 16.8 Å². The van der Waals surface area contributed by atoms with Crippen LogP contribution >= 0.6 is 0 Å². The van der Waals surface area contributed by atoms with Gasteiger partial charge in [0.25, 0.3) is 20.2 Å². The van der Waals surface area contributed by atoms with E-state index >= 15 is 0 Å². The molecule has 0 radical (unpaired) electrons. The topological polar surface area (TPSA) is 90.0 Å². The van der Waals surface area contributed by atoms with Crippen molar-refractivity contribution >= 4 is 20.2 Å². The Morgan fingerprint density at radius 3 is 2.21 bits per heavy atom. The molecule has 136 valence electrons. The minimum Gasteiger partial charge on any atom is -0.291 e. The predicted octanol–water partition coefficient (Wildman–Crippen LogP) is 0.972. The Morgan fingerprint density at radius 1 is 1.00 bits per heavy atom. The van der Waals surface area contributed by atoms with Crippen LogP contribution in [-0.2, 0) is 35.1 Å². The molecular weight excluding hydrogens is 354 g/mol. The van der Waals surface area contributed by atoms with Crippen LogP contribution in [0.25, 0.3) is 0 Å². The van der Waals surface area contributed by atoms with E-state index in [4.69, 9.17) is 8.37 Å². The third-order valence-corrected chi connectivity index (χ3v) is 5.07. The van der Waals surface area contributed by atoms with Gasteiger partial charge in [-0.3, -0.25) is 13.3 Å². The summed E-state index contributed by atoms with van der Waals surface area (Å²) in [5.74, 6) is 0. The van der Waals surface area contributed by atoms with Crippen molar-refractivity contribution in [3.63, 3.8) is 0 Å². The van der Waals surface area contributed by atoms with Crippen LogP contribution in [0.15, 0.2) is 30.3 Å². The number of rotatable bonds is 9. The maximum Gasteiger partial charge on any atom is 0.264 e. The molecule has 1 saturated heterocycles. The summed E-state index contributed by atoms with van der Waals surface area (Å²) < 4.78 is 54.2. The molecule has 1 aromatic carbocycles. The fourth-order valence-electron chi connectivity index (χ4n) is 2.78. The van der Waals surface area contributed by atoms with E-state index in [0.29, 0.717) is 13.0 Å². The van der Waals surface area contributed by atoms with Gasteiger partial charge < -0.3 is 0 Å². The minimum absolute atomic E-state index is 0.0110. The summed E-state index contributed by atoms with van der Waals surface area (Å²) in [5.41, 5.74) is 1.11. The van der Waals surface area contributed by atoms with Gasteiger partial charge in [-0.25, -0.2) is 0 Å². The molecule has 0 spiro atoms. The average Bonchev–Trinajstić information content (AvgIpc) is 2.46. The van der Waals surface area contributed by atoms with Gasteiger partial charge in [0.05, 0.1) is 25.7 Å². The first-order valence-corrected chi connectivity index (χ1v) is 11.3. The molecule has 0 amide bonds. The molecule has 1 aromatic rings. The Labute approximate surface area is 143 Å². The standard InChI is InChI=1S/C15H23NO6S2/c1-23(17,18)21-9-8-14-10-15(12-22-24(2,19)20)16(14)11-13-6-4-3-5-7-13/h3-7,14-15H,8-12H2,1-2H3. The molecule has 1 heterocycles. The molecule has 7 nitrogen and oxygen atoms in total. The Morgan fingerprint density at radius 2 is 1.62 bits per heavy atom. The van der Waals surface area contributed by atoms with Crippen LogP contribution < -0.4 is 0 Å². The molecule has 1 fully saturated rings. The summed E-state index contributed by atoms with van der Waals surface area (Å²) in [6, 6.07) is 9.94. The smallest absolute Gasteiger partial charge is 0.264 e. The van der Waals surface area contributed by atoms with Crippen LogP contribution in [0.4, 0.5) is 0 Å². The van der Waals surface area contributed by atoms with Gasteiger partial charge in [-0.2, -0.15) is 16.8 Å². The second kappa shape index (κ2) is 7.92. The SMILES string of the molecule is CS(=O)(=O)OCCC1CC(COS(C)(=O)=O)N1Cc1ccccc1. The molecule has 0 bridgehead atoms. The molecule has 0 aliphatic carbocycles. The zero-order valence-electron chi connectivity index (χ0n) is 13.8. The second-order valence-electron chi connectivity index (χ2n) is 6.00. The molecule has 0 saturated carbocycles.